The molecule has 0 aromatic heterocycles. The molecule has 0 aliphatic heterocycles. The second kappa shape index (κ2) is 4.97. The number of carbonyl (C=O) groups is 1. The van der Waals surface area contributed by atoms with Crippen molar-refractivity contribution in [1.29, 1.82) is 0 Å². The van der Waals surface area contributed by atoms with Gasteiger partial charge in [0.2, 0.25) is 10.0 Å². The standard InChI is InChI=1S/C12H15NO4S/c14-12(15)8-9-13(10-4-2-1-3-5-10)18(16,17)11-6-7-11/h1-5,11H,6-9H2,(H,14,15). The highest BCUT2D eigenvalue weighted by atomic mass is 32.2. The Hall–Kier alpha value is -1.56. The molecule has 6 heteroatoms. The number of carboxylic acid groups (broad SMARTS) is 1. The molecule has 0 spiro atoms. The molecule has 98 valence electrons. The van der Waals surface area contributed by atoms with E-state index in [-0.39, 0.29) is 18.2 Å². The molecule has 0 bridgehead atoms. The van der Waals surface area contributed by atoms with Crippen molar-refractivity contribution >= 4 is 21.7 Å². The number of aliphatic carboxylic acids is 1. The first-order chi connectivity index (χ1) is 8.51. The van der Waals surface area contributed by atoms with E-state index < -0.39 is 16.0 Å². The molecule has 0 atom stereocenters. The smallest absolute Gasteiger partial charge is 0.305 e. The summed E-state index contributed by atoms with van der Waals surface area (Å²) in [6, 6.07) is 8.64. The zero-order valence-electron chi connectivity index (χ0n) is 9.82. The molecule has 18 heavy (non-hydrogen) atoms. The maximum absolute atomic E-state index is 12.2. The first kappa shape index (κ1) is 12.9. The third-order valence-corrected chi connectivity index (χ3v) is 5.15. The lowest BCUT2D eigenvalue weighted by molar-refractivity contribution is -0.136. The Labute approximate surface area is 106 Å². The van der Waals surface area contributed by atoms with Gasteiger partial charge in [-0.25, -0.2) is 8.42 Å². The van der Waals surface area contributed by atoms with Crippen LogP contribution in [0, 0.1) is 0 Å². The summed E-state index contributed by atoms with van der Waals surface area (Å²) in [4.78, 5) is 10.6. The highest BCUT2D eigenvalue weighted by molar-refractivity contribution is 7.93. The van der Waals surface area contributed by atoms with Crippen molar-refractivity contribution in [3.8, 4) is 0 Å². The molecule has 1 aromatic carbocycles. The molecule has 1 fully saturated rings. The number of benzene rings is 1. The maximum Gasteiger partial charge on any atom is 0.305 e. The van der Waals surface area contributed by atoms with Crippen molar-refractivity contribution < 1.29 is 18.3 Å². The second-order valence-corrected chi connectivity index (χ2v) is 6.43. The number of sulfonamides is 1. The fourth-order valence-corrected chi connectivity index (χ4v) is 3.59. The van der Waals surface area contributed by atoms with Crippen LogP contribution in [0.2, 0.25) is 0 Å². The van der Waals surface area contributed by atoms with Gasteiger partial charge in [0.15, 0.2) is 0 Å². The van der Waals surface area contributed by atoms with Crippen molar-refractivity contribution in [2.75, 3.05) is 10.8 Å². The minimum absolute atomic E-state index is 0.0157. The van der Waals surface area contributed by atoms with Crippen molar-refractivity contribution in [3.05, 3.63) is 30.3 Å². The molecular weight excluding hydrogens is 254 g/mol. The molecule has 1 saturated carbocycles. The normalized spacial score (nSPS) is 15.3. The van der Waals surface area contributed by atoms with Crippen LogP contribution < -0.4 is 4.31 Å². The average molecular weight is 269 g/mol. The van der Waals surface area contributed by atoms with E-state index in [0.717, 1.165) is 0 Å². The molecular formula is C12H15NO4S. The van der Waals surface area contributed by atoms with Gasteiger partial charge in [0.1, 0.15) is 0 Å². The van der Waals surface area contributed by atoms with Crippen molar-refractivity contribution in [2.24, 2.45) is 0 Å². The maximum atomic E-state index is 12.2. The van der Waals surface area contributed by atoms with Crippen LogP contribution in [0.4, 0.5) is 5.69 Å². The summed E-state index contributed by atoms with van der Waals surface area (Å²) in [6.07, 6.45) is 1.14. The van der Waals surface area contributed by atoms with E-state index in [1.165, 1.54) is 4.31 Å². The van der Waals surface area contributed by atoms with Gasteiger partial charge in [0, 0.05) is 6.54 Å². The Morgan fingerprint density at radius 3 is 2.39 bits per heavy atom. The number of para-hydroxylation sites is 1. The number of anilines is 1. The number of carboxylic acids is 1. The van der Waals surface area contributed by atoms with Crippen molar-refractivity contribution in [3.63, 3.8) is 0 Å². The summed E-state index contributed by atoms with van der Waals surface area (Å²) in [6.45, 7) is -0.0157. The summed E-state index contributed by atoms with van der Waals surface area (Å²) in [5.41, 5.74) is 0.533. The van der Waals surface area contributed by atoms with E-state index in [2.05, 4.69) is 0 Å². The SMILES string of the molecule is O=C(O)CCN(c1ccccc1)S(=O)(=O)C1CC1. The zero-order chi connectivity index (χ0) is 13.2. The van der Waals surface area contributed by atoms with Gasteiger partial charge in [-0.2, -0.15) is 0 Å². The zero-order valence-corrected chi connectivity index (χ0v) is 10.6. The Morgan fingerprint density at radius 1 is 1.28 bits per heavy atom. The van der Waals surface area contributed by atoms with Crippen LogP contribution in [0.1, 0.15) is 19.3 Å². The second-order valence-electron chi connectivity index (χ2n) is 4.30. The van der Waals surface area contributed by atoms with Gasteiger partial charge in [-0.3, -0.25) is 9.10 Å². The fourth-order valence-electron chi connectivity index (χ4n) is 1.74. The van der Waals surface area contributed by atoms with E-state index in [4.69, 9.17) is 5.11 Å². The topological polar surface area (TPSA) is 74.7 Å². The van der Waals surface area contributed by atoms with E-state index in [1.807, 2.05) is 0 Å². The highest BCUT2D eigenvalue weighted by Crippen LogP contribution is 2.33. The first-order valence-corrected chi connectivity index (χ1v) is 7.30. The minimum atomic E-state index is -3.41. The number of hydrogen-bond acceptors (Lipinski definition) is 3. The molecule has 1 aliphatic rings. The van der Waals surface area contributed by atoms with Crippen LogP contribution in [0.15, 0.2) is 30.3 Å². The molecule has 0 unspecified atom stereocenters. The molecule has 1 aliphatic carbocycles. The van der Waals surface area contributed by atoms with Crippen molar-refractivity contribution in [1.82, 2.24) is 0 Å². The van der Waals surface area contributed by atoms with Gasteiger partial charge < -0.3 is 5.11 Å². The van der Waals surface area contributed by atoms with Gasteiger partial charge >= 0.3 is 5.97 Å². The van der Waals surface area contributed by atoms with Crippen LogP contribution in [-0.4, -0.2) is 31.3 Å². The van der Waals surface area contributed by atoms with Gasteiger partial charge in [0.25, 0.3) is 0 Å². The third kappa shape index (κ3) is 2.81. The molecule has 0 heterocycles. The Balaban J connectivity index is 2.25. The molecule has 0 radical (unpaired) electrons. The van der Waals surface area contributed by atoms with E-state index in [9.17, 15) is 13.2 Å². The lowest BCUT2D eigenvalue weighted by atomic mass is 10.3. The number of nitrogens with zero attached hydrogens (tertiary/aromatic N) is 1. The number of hydrogen-bond donors (Lipinski definition) is 1. The fraction of sp³-hybridized carbons (Fsp3) is 0.417. The lowest BCUT2D eigenvalue weighted by Crippen LogP contribution is -2.35. The summed E-state index contributed by atoms with van der Waals surface area (Å²) in [5.74, 6) is -0.998. The van der Waals surface area contributed by atoms with E-state index in [1.54, 1.807) is 30.3 Å². The summed E-state index contributed by atoms with van der Waals surface area (Å²) >= 11 is 0. The summed E-state index contributed by atoms with van der Waals surface area (Å²) in [7, 11) is -3.41. The van der Waals surface area contributed by atoms with Gasteiger partial charge in [-0.15, -0.1) is 0 Å². The summed E-state index contributed by atoms with van der Waals surface area (Å²) in [5, 5.41) is 8.37. The first-order valence-electron chi connectivity index (χ1n) is 5.80. The van der Waals surface area contributed by atoms with Crippen LogP contribution in [0.3, 0.4) is 0 Å². The van der Waals surface area contributed by atoms with E-state index in [0.29, 0.717) is 18.5 Å². The monoisotopic (exact) mass is 269 g/mol. The Kier molecular flexibility index (Phi) is 3.56. The largest absolute Gasteiger partial charge is 0.481 e. The quantitative estimate of drug-likeness (QED) is 0.848. The van der Waals surface area contributed by atoms with Crippen LogP contribution in [0.5, 0.6) is 0 Å². The Bertz CT molecular complexity index is 522. The average Bonchev–Trinajstić information content (AvgIpc) is 3.14. The predicted molar refractivity (Wildman–Crippen MR) is 68.0 cm³/mol. The molecule has 1 N–H and O–H groups in total. The summed E-state index contributed by atoms with van der Waals surface area (Å²) < 4.78 is 25.7. The third-order valence-electron chi connectivity index (χ3n) is 2.83. The van der Waals surface area contributed by atoms with Crippen LogP contribution in [0.25, 0.3) is 0 Å². The van der Waals surface area contributed by atoms with Crippen LogP contribution >= 0.6 is 0 Å². The molecule has 5 nitrogen and oxygen atoms in total. The van der Waals surface area contributed by atoms with Gasteiger partial charge in [0.05, 0.1) is 17.4 Å². The lowest BCUT2D eigenvalue weighted by Gasteiger charge is -2.23. The van der Waals surface area contributed by atoms with Crippen molar-refractivity contribution in [2.45, 2.75) is 24.5 Å². The Morgan fingerprint density at radius 2 is 1.89 bits per heavy atom. The highest BCUT2D eigenvalue weighted by Gasteiger charge is 2.40. The van der Waals surface area contributed by atoms with Gasteiger partial charge in [-0.1, -0.05) is 18.2 Å². The molecule has 1 aromatic rings. The van der Waals surface area contributed by atoms with E-state index >= 15 is 0 Å². The number of rotatable bonds is 6. The van der Waals surface area contributed by atoms with Crippen LogP contribution in [-0.2, 0) is 14.8 Å². The minimum Gasteiger partial charge on any atom is -0.481 e. The predicted octanol–water partition coefficient (Wildman–Crippen LogP) is 1.46. The molecule has 0 amide bonds. The molecule has 0 saturated heterocycles. The van der Waals surface area contributed by atoms with Gasteiger partial charge in [-0.05, 0) is 25.0 Å². The molecule has 2 rings (SSSR count).